The van der Waals surface area contributed by atoms with Crippen molar-refractivity contribution < 1.29 is 106 Å². The average molecular weight is 1660 g/mol. The van der Waals surface area contributed by atoms with Crippen LogP contribution in [0, 0.1) is 18.8 Å². The van der Waals surface area contributed by atoms with Crippen LogP contribution in [0.2, 0.25) is 5.04 Å². The summed E-state index contributed by atoms with van der Waals surface area (Å²) < 4.78 is 66.7. The minimum Gasteiger partial charge on any atom is -0.507 e. The molecule has 0 aliphatic carbocycles. The van der Waals surface area contributed by atoms with E-state index in [1.54, 1.807) is 71.2 Å². The molecule has 0 amide bonds. The molecule has 3 unspecified atom stereocenters. The quantitative estimate of drug-likeness (QED) is 0.00587. The smallest absolute Gasteiger partial charge is 0.342 e. The SMILES string of the molecule is C=CCOc1cc(C)c(C(=O)OC)c(O)c1.C=CCOc1cc(OCOC)c(C(C)=O)c(C(CC[C@@H]2OC(C)(C)O[C@@H]2C(/C=C\[C@@H](C)[C@@H](C)O[Si](c2ccccc2)(c2ccccc2)C(C)(C)C)OC(=O)c2ccccc2)[Se]c2ccccc2)c1.C[C@@H]1/C=C\C(=O)[C@@H](O)[C@@H](O)CCCc2cc(OCC(O)CO)cc(O)c2C(=O)O[C@H]1C. The molecule has 2 aliphatic rings. The van der Waals surface area contributed by atoms with Gasteiger partial charge in [-0.25, -0.2) is 9.59 Å². The molecule has 115 heavy (non-hydrogen) atoms. The molecule has 0 aromatic heterocycles. The number of cyclic esters (lactones) is 1. The van der Waals surface area contributed by atoms with Crippen molar-refractivity contribution in [1.29, 1.82) is 0 Å². The van der Waals surface area contributed by atoms with Crippen molar-refractivity contribution in [3.8, 4) is 34.5 Å². The van der Waals surface area contributed by atoms with Crippen molar-refractivity contribution in [2.75, 3.05) is 47.4 Å². The number of Topliss-reactive ketones (excluding diaryl/α,β-unsaturated/α-hetero) is 1. The molecule has 7 aromatic rings. The average Bonchev–Trinajstić information content (AvgIpc) is 1.75. The van der Waals surface area contributed by atoms with Gasteiger partial charge >= 0.3 is 329 Å². The van der Waals surface area contributed by atoms with Gasteiger partial charge < -0.3 is 49.6 Å². The van der Waals surface area contributed by atoms with Crippen LogP contribution in [0.15, 0.2) is 207 Å². The Bertz CT molecular complexity index is 4310. The van der Waals surface area contributed by atoms with Gasteiger partial charge in [-0.1, -0.05) is 107 Å². The summed E-state index contributed by atoms with van der Waals surface area (Å²) >= 11 is -0.152. The van der Waals surface area contributed by atoms with E-state index in [1.807, 2.05) is 74.5 Å². The molecule has 2 aliphatic heterocycles. The molecular weight excluding hydrogens is 1550 g/mol. The van der Waals surface area contributed by atoms with Crippen LogP contribution in [-0.2, 0) is 44.1 Å². The van der Waals surface area contributed by atoms with Crippen molar-refractivity contribution in [3.63, 3.8) is 0 Å². The van der Waals surface area contributed by atoms with E-state index in [9.17, 15) is 49.5 Å². The monoisotopic (exact) mass is 1660 g/mol. The second-order valence-corrected chi connectivity index (χ2v) is 36.6. The van der Waals surface area contributed by atoms with Crippen molar-refractivity contribution in [3.05, 3.63) is 246 Å². The zero-order chi connectivity index (χ0) is 84.2. The van der Waals surface area contributed by atoms with Crippen LogP contribution in [-0.4, -0.2) is 185 Å². The van der Waals surface area contributed by atoms with E-state index in [0.717, 1.165) is 10.0 Å². The number of ether oxygens (including phenoxy) is 10. The number of aryl methyl sites for hydroxylation is 2. The Morgan fingerprint density at radius 2 is 1.32 bits per heavy atom. The van der Waals surface area contributed by atoms with Crippen molar-refractivity contribution in [1.82, 2.24) is 0 Å². The third-order valence-electron chi connectivity index (χ3n) is 19.4. The van der Waals surface area contributed by atoms with Crippen molar-refractivity contribution >= 4 is 67.6 Å². The number of hydrogen-bond acceptors (Lipinski definition) is 22. The van der Waals surface area contributed by atoms with E-state index in [-0.39, 0.29) is 110 Å². The van der Waals surface area contributed by atoms with Crippen LogP contribution in [0.25, 0.3) is 0 Å². The first-order chi connectivity index (χ1) is 54.8. The number of aliphatic hydroxyl groups excluding tert-OH is 4. The number of rotatable bonds is 31. The van der Waals surface area contributed by atoms with Gasteiger partial charge in [-0.05, 0) is 77.9 Å². The second kappa shape index (κ2) is 44.5. The number of hydrogen-bond donors (Lipinski definition) is 6. The number of esters is 3. The first-order valence-corrected chi connectivity index (χ1v) is 42.1. The summed E-state index contributed by atoms with van der Waals surface area (Å²) in [6, 6.07) is 50.0. The molecule has 1 saturated heterocycles. The Balaban J connectivity index is 0.000000317. The van der Waals surface area contributed by atoms with E-state index in [0.29, 0.717) is 65.4 Å². The summed E-state index contributed by atoms with van der Waals surface area (Å²) in [5.41, 5.74) is 2.85. The number of carbonyl (C=O) groups is 5. The number of phenols is 2. The Labute approximate surface area is 683 Å². The molecule has 9 rings (SSSR count). The minimum atomic E-state index is -2.88. The fourth-order valence-electron chi connectivity index (χ4n) is 13.3. The molecule has 24 heteroatoms. The number of benzene rings is 7. The summed E-state index contributed by atoms with van der Waals surface area (Å²) in [5.74, 6) is -2.89. The van der Waals surface area contributed by atoms with E-state index >= 15 is 0 Å². The molecule has 1 fully saturated rings. The van der Waals surface area contributed by atoms with Gasteiger partial charge in [0.05, 0.1) is 19.8 Å². The molecule has 0 radical (unpaired) electrons. The molecule has 7 aromatic carbocycles. The van der Waals surface area contributed by atoms with Crippen LogP contribution in [0.1, 0.15) is 158 Å². The number of carbonyl (C=O) groups excluding carboxylic acids is 5. The van der Waals surface area contributed by atoms with Gasteiger partial charge in [0.15, 0.2) is 5.78 Å². The standard InChI is InChI=1S/C57H68O9SeSi.C22H30O9.C12H14O4/c1-11-36-61-44-37-48(53(41(3)58)51(38-44)62-39-60-10)52(67-45-26-18-13-19-27-45)35-34-50-54(65-57(8,9)64-50)49(63-55(59)43-24-16-12-17-25-43)33-32-40(2)42(4)66-68(56(5,6)7,46-28-20-14-21-29-46)47-30-22-15-23-31-47;1-12-6-7-18(26)21(28)17(25)5-3-4-14-8-16(30-11-15(24)10-23)9-19(27)20(14)22(29)31-13(12)2;1-4-5-16-9-6-8(2)11(10(13)7-9)12(14)15-3/h11-33,37-38,40,42,49-50,52,54H,1,34-36,39H2,2-10H3;6-9,12-13,15,17,21,23-25,27-28H,3-5,10-11H2,1-2H3;4,6-7,13H,1,5H2,2-3H3/b33-32-;7-6-;/t40-,42-,49?,50+,52?,54-;12-,13+,15?,17+,21+;/m11./s1. The largest absolute Gasteiger partial charge is 0.507 e. The van der Waals surface area contributed by atoms with Gasteiger partial charge in [0.25, 0.3) is 0 Å². The number of phenolic OH excluding ortho intramolecular Hbond substituents is 2. The Morgan fingerprint density at radius 3 is 1.89 bits per heavy atom. The molecule has 0 saturated carbocycles. The van der Waals surface area contributed by atoms with E-state index in [4.69, 9.17) is 52.2 Å². The van der Waals surface area contributed by atoms with Gasteiger partial charge in [0.2, 0.25) is 0 Å². The Hall–Kier alpha value is -9.53. The molecule has 11 atom stereocenters. The Kier molecular flexibility index (Phi) is 35.9. The van der Waals surface area contributed by atoms with E-state index in [1.165, 1.54) is 47.8 Å². The normalized spacial score (nSPS) is 19.3. The van der Waals surface area contributed by atoms with Gasteiger partial charge in [-0.3, -0.25) is 4.79 Å². The molecular formula is C91H112O22SeSi. The first kappa shape index (κ1) is 92.6. The van der Waals surface area contributed by atoms with Gasteiger partial charge in [-0.2, -0.15) is 0 Å². The topological polar surface area (TPSA) is 308 Å². The fraction of sp³-hybridized carbons (Fsp3) is 0.396. The van der Waals surface area contributed by atoms with Crippen LogP contribution in [0.4, 0.5) is 0 Å². The maximum atomic E-state index is 14.0. The van der Waals surface area contributed by atoms with E-state index in [2.05, 4.69) is 119 Å². The number of fused-ring (bicyclic) bond motifs is 1. The summed E-state index contributed by atoms with van der Waals surface area (Å²) in [7, 11) is -0.0675. The van der Waals surface area contributed by atoms with Gasteiger partial charge in [0, 0.05) is 18.1 Å². The predicted octanol–water partition coefficient (Wildman–Crippen LogP) is 12.7. The molecule has 2 heterocycles. The van der Waals surface area contributed by atoms with Crippen LogP contribution in [0.3, 0.4) is 0 Å². The van der Waals surface area contributed by atoms with E-state index < -0.39 is 87.1 Å². The summed E-state index contributed by atoms with van der Waals surface area (Å²) in [6.07, 6.45) is 4.90. The first-order valence-electron chi connectivity index (χ1n) is 38.4. The molecule has 0 bridgehead atoms. The molecule has 6 N–H and O–H groups in total. The molecule has 22 nitrogen and oxygen atoms in total. The summed E-state index contributed by atoms with van der Waals surface area (Å²) in [5, 5.41) is 60.9. The minimum absolute atomic E-state index is 0.0390. The number of ketones is 2. The van der Waals surface area contributed by atoms with Crippen LogP contribution >= 0.6 is 0 Å². The van der Waals surface area contributed by atoms with Gasteiger partial charge in [0.1, 0.15) is 65.7 Å². The maximum absolute atomic E-state index is 14.0. The predicted molar refractivity (Wildman–Crippen MR) is 444 cm³/mol. The summed E-state index contributed by atoms with van der Waals surface area (Å²) in [4.78, 5) is 63.7. The zero-order valence-electron chi connectivity index (χ0n) is 67.9. The van der Waals surface area contributed by atoms with Gasteiger partial charge in [-0.15, -0.1) is 0 Å². The second-order valence-electron chi connectivity index (χ2n) is 29.7. The number of aromatic hydroxyl groups is 2. The van der Waals surface area contributed by atoms with Crippen LogP contribution in [0.5, 0.6) is 34.5 Å². The Morgan fingerprint density at radius 1 is 0.739 bits per heavy atom. The third-order valence-corrected chi connectivity index (χ3v) is 27.3. The molecule has 618 valence electrons. The number of aliphatic hydroxyl groups is 4. The van der Waals surface area contributed by atoms with Crippen LogP contribution < -0.4 is 33.8 Å². The molecule has 0 spiro atoms. The maximum Gasteiger partial charge on any atom is 0.342 e. The zero-order valence-corrected chi connectivity index (χ0v) is 70.6. The van der Waals surface area contributed by atoms with Crippen molar-refractivity contribution in [2.24, 2.45) is 11.8 Å². The third kappa shape index (κ3) is 26.2. The fourth-order valence-corrected chi connectivity index (χ4v) is 20.6. The summed E-state index contributed by atoms with van der Waals surface area (Å²) in [6.45, 7) is 28.7. The number of methoxy groups -OCH3 is 2. The van der Waals surface area contributed by atoms with Crippen molar-refractivity contribution in [2.45, 2.75) is 173 Å².